The van der Waals surface area contributed by atoms with Crippen LogP contribution in [-0.2, 0) is 4.79 Å². The van der Waals surface area contributed by atoms with Gasteiger partial charge in [0.15, 0.2) is 0 Å². The lowest BCUT2D eigenvalue weighted by Gasteiger charge is -2.60. The summed E-state index contributed by atoms with van der Waals surface area (Å²) in [6.45, 7) is 1.78. The Morgan fingerprint density at radius 2 is 1.88 bits per heavy atom. The fourth-order valence-electron chi connectivity index (χ4n) is 4.99. The predicted molar refractivity (Wildman–Crippen MR) is 57.8 cm³/mol. The molecule has 3 atom stereocenters. The highest BCUT2D eigenvalue weighted by molar-refractivity contribution is 5.70. The summed E-state index contributed by atoms with van der Waals surface area (Å²) in [6, 6.07) is 0. The highest BCUT2D eigenvalue weighted by Gasteiger charge is 2.60. The van der Waals surface area contributed by atoms with Crippen molar-refractivity contribution in [3.05, 3.63) is 0 Å². The summed E-state index contributed by atoms with van der Waals surface area (Å²) in [6.07, 6.45) is 4.92. The molecule has 0 spiro atoms. The SMILES string of the molecule is C[C@H](C(=O)O)C12CC3CC(CC(F)(C3)C1)C2. The first-order valence-electron chi connectivity index (χ1n) is 6.34. The first-order valence-corrected chi connectivity index (χ1v) is 6.34. The van der Waals surface area contributed by atoms with Crippen LogP contribution in [0.1, 0.15) is 45.4 Å². The Labute approximate surface area is 95.2 Å². The van der Waals surface area contributed by atoms with Crippen molar-refractivity contribution in [1.82, 2.24) is 0 Å². The van der Waals surface area contributed by atoms with Crippen molar-refractivity contribution in [3.8, 4) is 0 Å². The number of rotatable bonds is 2. The largest absolute Gasteiger partial charge is 0.481 e. The van der Waals surface area contributed by atoms with Crippen LogP contribution in [0.3, 0.4) is 0 Å². The molecule has 4 aliphatic rings. The molecule has 90 valence electrons. The number of carboxylic acids is 1. The van der Waals surface area contributed by atoms with E-state index in [4.69, 9.17) is 0 Å². The monoisotopic (exact) mass is 226 g/mol. The summed E-state index contributed by atoms with van der Waals surface area (Å²) in [7, 11) is 0. The lowest BCUT2D eigenvalue weighted by Crippen LogP contribution is -2.56. The summed E-state index contributed by atoms with van der Waals surface area (Å²) < 4.78 is 14.6. The van der Waals surface area contributed by atoms with E-state index in [1.165, 1.54) is 0 Å². The van der Waals surface area contributed by atoms with Gasteiger partial charge in [0, 0.05) is 0 Å². The van der Waals surface area contributed by atoms with Gasteiger partial charge in [0.1, 0.15) is 5.67 Å². The minimum absolute atomic E-state index is 0.231. The van der Waals surface area contributed by atoms with Gasteiger partial charge < -0.3 is 5.11 Å². The number of carbonyl (C=O) groups is 1. The Kier molecular flexibility index (Phi) is 1.97. The van der Waals surface area contributed by atoms with Crippen LogP contribution in [0, 0.1) is 23.2 Å². The van der Waals surface area contributed by atoms with Crippen molar-refractivity contribution >= 4 is 5.97 Å². The van der Waals surface area contributed by atoms with Gasteiger partial charge in [-0.15, -0.1) is 0 Å². The van der Waals surface area contributed by atoms with Gasteiger partial charge in [-0.3, -0.25) is 4.79 Å². The summed E-state index contributed by atoms with van der Waals surface area (Å²) in [5, 5.41) is 9.20. The van der Waals surface area contributed by atoms with Gasteiger partial charge in [-0.05, 0) is 55.8 Å². The number of hydrogen-bond acceptors (Lipinski definition) is 1. The molecular formula is C13H19FO2. The molecule has 1 N–H and O–H groups in total. The quantitative estimate of drug-likeness (QED) is 0.785. The van der Waals surface area contributed by atoms with Crippen LogP contribution in [0.5, 0.6) is 0 Å². The van der Waals surface area contributed by atoms with Crippen molar-refractivity contribution < 1.29 is 14.3 Å². The molecule has 4 bridgehead atoms. The molecule has 4 saturated carbocycles. The fraction of sp³-hybridized carbons (Fsp3) is 0.923. The Balaban J connectivity index is 1.94. The molecule has 0 radical (unpaired) electrons. The zero-order valence-corrected chi connectivity index (χ0v) is 9.71. The third-order valence-corrected chi connectivity index (χ3v) is 5.32. The molecule has 0 aromatic carbocycles. The van der Waals surface area contributed by atoms with E-state index in [1.54, 1.807) is 6.92 Å². The molecule has 0 aromatic rings. The van der Waals surface area contributed by atoms with Crippen LogP contribution < -0.4 is 0 Å². The number of alkyl halides is 1. The van der Waals surface area contributed by atoms with Crippen molar-refractivity contribution in [2.75, 3.05) is 0 Å². The van der Waals surface area contributed by atoms with E-state index < -0.39 is 11.6 Å². The lowest BCUT2D eigenvalue weighted by molar-refractivity contribution is -0.169. The number of aliphatic carboxylic acids is 1. The zero-order chi connectivity index (χ0) is 11.6. The molecule has 3 heteroatoms. The standard InChI is InChI=1S/C13H19FO2/c1-8(11(15)16)12-3-9-2-10(4-12)6-13(14,5-9)7-12/h8-10H,2-7H2,1H3,(H,15,16)/t8-,9?,10?,12?,13?/m1/s1. The molecule has 0 amide bonds. The van der Waals surface area contributed by atoms with Crippen LogP contribution >= 0.6 is 0 Å². The summed E-state index contributed by atoms with van der Waals surface area (Å²) in [5.41, 5.74) is -1.27. The van der Waals surface area contributed by atoms with Crippen molar-refractivity contribution in [3.63, 3.8) is 0 Å². The van der Waals surface area contributed by atoms with E-state index in [2.05, 4.69) is 0 Å². The summed E-state index contributed by atoms with van der Waals surface area (Å²) in [5.74, 6) is -0.222. The number of halogens is 1. The molecule has 0 saturated heterocycles. The van der Waals surface area contributed by atoms with Crippen LogP contribution in [0.15, 0.2) is 0 Å². The molecule has 4 aliphatic carbocycles. The zero-order valence-electron chi connectivity index (χ0n) is 9.71. The van der Waals surface area contributed by atoms with Crippen LogP contribution in [0.4, 0.5) is 4.39 Å². The predicted octanol–water partition coefficient (Wildman–Crippen LogP) is 3.02. The van der Waals surface area contributed by atoms with E-state index in [0.717, 1.165) is 19.3 Å². The molecule has 2 nitrogen and oxygen atoms in total. The fourth-order valence-corrected chi connectivity index (χ4v) is 4.99. The third kappa shape index (κ3) is 1.33. The van der Waals surface area contributed by atoms with Crippen molar-refractivity contribution in [1.29, 1.82) is 0 Å². The van der Waals surface area contributed by atoms with Crippen molar-refractivity contribution in [2.45, 2.75) is 51.1 Å². The summed E-state index contributed by atoms with van der Waals surface area (Å²) in [4.78, 5) is 11.2. The maximum Gasteiger partial charge on any atom is 0.306 e. The van der Waals surface area contributed by atoms with Crippen molar-refractivity contribution in [2.24, 2.45) is 23.2 Å². The van der Waals surface area contributed by atoms with Gasteiger partial charge in [0.2, 0.25) is 0 Å². The second kappa shape index (κ2) is 2.99. The van der Waals surface area contributed by atoms with E-state index in [9.17, 15) is 14.3 Å². The summed E-state index contributed by atoms with van der Waals surface area (Å²) >= 11 is 0. The minimum atomic E-state index is -1.03. The molecule has 0 heterocycles. The molecule has 4 rings (SSSR count). The lowest BCUT2D eigenvalue weighted by atomic mass is 9.45. The smallest absolute Gasteiger partial charge is 0.306 e. The number of carboxylic acid groups (broad SMARTS) is 1. The Bertz CT molecular complexity index is 325. The molecule has 4 fully saturated rings. The Hall–Kier alpha value is -0.600. The second-order valence-corrected chi connectivity index (χ2v) is 6.53. The van der Waals surface area contributed by atoms with Crippen LogP contribution in [0.2, 0.25) is 0 Å². The van der Waals surface area contributed by atoms with Crippen LogP contribution in [0.25, 0.3) is 0 Å². The molecule has 0 aromatic heterocycles. The normalized spacial score (nSPS) is 51.6. The van der Waals surface area contributed by atoms with Gasteiger partial charge in [0.25, 0.3) is 0 Å². The topological polar surface area (TPSA) is 37.3 Å². The van der Waals surface area contributed by atoms with E-state index in [0.29, 0.717) is 31.1 Å². The maximum absolute atomic E-state index is 14.6. The third-order valence-electron chi connectivity index (χ3n) is 5.32. The Morgan fingerprint density at radius 1 is 1.31 bits per heavy atom. The first kappa shape index (κ1) is 10.5. The van der Waals surface area contributed by atoms with Gasteiger partial charge in [0.05, 0.1) is 5.92 Å². The van der Waals surface area contributed by atoms with E-state index >= 15 is 0 Å². The molecule has 0 aliphatic heterocycles. The van der Waals surface area contributed by atoms with Gasteiger partial charge in [-0.25, -0.2) is 4.39 Å². The highest BCUT2D eigenvalue weighted by Crippen LogP contribution is 2.65. The van der Waals surface area contributed by atoms with E-state index in [-0.39, 0.29) is 11.3 Å². The molecular weight excluding hydrogens is 207 g/mol. The second-order valence-electron chi connectivity index (χ2n) is 6.53. The first-order chi connectivity index (χ1) is 7.42. The van der Waals surface area contributed by atoms with Gasteiger partial charge >= 0.3 is 5.97 Å². The van der Waals surface area contributed by atoms with Gasteiger partial charge in [-0.1, -0.05) is 6.92 Å². The minimum Gasteiger partial charge on any atom is -0.481 e. The molecule has 2 unspecified atom stereocenters. The number of hydrogen-bond donors (Lipinski definition) is 1. The molecule has 16 heavy (non-hydrogen) atoms. The maximum atomic E-state index is 14.6. The average Bonchev–Trinajstić information content (AvgIpc) is 2.12. The average molecular weight is 226 g/mol. The van der Waals surface area contributed by atoms with E-state index in [1.807, 2.05) is 0 Å². The highest BCUT2D eigenvalue weighted by atomic mass is 19.1. The van der Waals surface area contributed by atoms with Gasteiger partial charge in [-0.2, -0.15) is 0 Å². The Morgan fingerprint density at radius 3 is 2.31 bits per heavy atom. The van der Waals surface area contributed by atoms with Crippen LogP contribution in [-0.4, -0.2) is 16.7 Å².